The summed E-state index contributed by atoms with van der Waals surface area (Å²) in [4.78, 5) is 23.7. The van der Waals surface area contributed by atoms with Crippen molar-refractivity contribution in [2.45, 2.75) is 18.5 Å². The molecule has 11 heteroatoms. The zero-order valence-electron chi connectivity index (χ0n) is 20.1. The Bertz CT molecular complexity index is 1680. The molecule has 0 saturated carbocycles. The number of imidazole rings is 1. The molecular formula is C28H19ClF4N4O2. The number of carbonyl (C=O) groups excluding carboxylic acids is 1. The van der Waals surface area contributed by atoms with E-state index < -0.39 is 23.3 Å². The largest absolute Gasteiger partial charge is 0.472 e. The van der Waals surface area contributed by atoms with Crippen LogP contribution in [-0.4, -0.2) is 38.3 Å². The van der Waals surface area contributed by atoms with E-state index in [0.717, 1.165) is 16.0 Å². The number of aromatic nitrogens is 3. The third-order valence-corrected chi connectivity index (χ3v) is 7.27. The maximum atomic E-state index is 14.1. The molecule has 1 aromatic carbocycles. The first kappa shape index (κ1) is 25.1. The molecule has 6 nitrogen and oxygen atoms in total. The predicted octanol–water partition coefficient (Wildman–Crippen LogP) is 7.10. The lowest BCUT2D eigenvalue weighted by atomic mass is 9.98. The molecule has 0 N–H and O–H groups in total. The molecule has 1 atom stereocenters. The van der Waals surface area contributed by atoms with E-state index in [4.69, 9.17) is 16.0 Å². The highest BCUT2D eigenvalue weighted by Crippen LogP contribution is 2.40. The number of pyridine rings is 2. The molecule has 5 aromatic rings. The fourth-order valence-electron chi connectivity index (χ4n) is 4.95. The van der Waals surface area contributed by atoms with E-state index in [1.807, 2.05) is 0 Å². The normalized spacial score (nSPS) is 15.8. The molecule has 0 aliphatic carbocycles. The molecule has 0 spiro atoms. The number of benzene rings is 1. The van der Waals surface area contributed by atoms with E-state index in [0.29, 0.717) is 25.1 Å². The van der Waals surface area contributed by atoms with E-state index in [2.05, 4.69) is 9.97 Å². The lowest BCUT2D eigenvalue weighted by molar-refractivity contribution is -0.136. The second-order valence-corrected chi connectivity index (χ2v) is 9.64. The fraction of sp³-hybridized carbons (Fsp3) is 0.179. The Kier molecular flexibility index (Phi) is 6.14. The average Bonchev–Trinajstić information content (AvgIpc) is 3.69. The molecule has 1 aliphatic heterocycles. The number of alkyl halides is 3. The summed E-state index contributed by atoms with van der Waals surface area (Å²) in [5, 5.41) is -0.0893. The van der Waals surface area contributed by atoms with Crippen molar-refractivity contribution in [1.29, 1.82) is 0 Å². The van der Waals surface area contributed by atoms with Crippen molar-refractivity contribution in [2.24, 2.45) is 0 Å². The molecule has 5 heterocycles. The van der Waals surface area contributed by atoms with Crippen molar-refractivity contribution in [2.75, 3.05) is 13.1 Å². The van der Waals surface area contributed by atoms with Crippen molar-refractivity contribution in [1.82, 2.24) is 19.3 Å². The van der Waals surface area contributed by atoms with Gasteiger partial charge < -0.3 is 9.32 Å². The first-order chi connectivity index (χ1) is 18.7. The van der Waals surface area contributed by atoms with E-state index in [-0.39, 0.29) is 39.4 Å². The van der Waals surface area contributed by atoms with Crippen LogP contribution in [0.1, 0.15) is 34.0 Å². The second kappa shape index (κ2) is 9.53. The Morgan fingerprint density at radius 1 is 1.10 bits per heavy atom. The van der Waals surface area contributed by atoms with Crippen molar-refractivity contribution in [3.8, 4) is 22.4 Å². The molecule has 1 aliphatic rings. The van der Waals surface area contributed by atoms with Crippen LogP contribution < -0.4 is 0 Å². The minimum absolute atomic E-state index is 0.0113. The van der Waals surface area contributed by atoms with Crippen LogP contribution in [0, 0.1) is 5.82 Å². The quantitative estimate of drug-likeness (QED) is 0.222. The highest BCUT2D eigenvalue weighted by molar-refractivity contribution is 6.32. The Morgan fingerprint density at radius 2 is 1.90 bits per heavy atom. The van der Waals surface area contributed by atoms with E-state index in [1.54, 1.807) is 35.2 Å². The maximum Gasteiger partial charge on any atom is 0.420 e. The Morgan fingerprint density at radius 3 is 2.62 bits per heavy atom. The minimum Gasteiger partial charge on any atom is -0.472 e. The van der Waals surface area contributed by atoms with Gasteiger partial charge in [-0.05, 0) is 48.4 Å². The topological polar surface area (TPSA) is 63.6 Å². The van der Waals surface area contributed by atoms with Gasteiger partial charge in [0, 0.05) is 48.1 Å². The number of nitrogens with zero attached hydrogens (tertiary/aromatic N) is 4. The SMILES string of the molecule is O=C(c1ncccc1-c1nc2c(C(F)(F)F)cc(-c3ccoc3)cn2c1Cl)N1CCC(c2ccc(F)cc2)C1. The van der Waals surface area contributed by atoms with Gasteiger partial charge in [0.15, 0.2) is 5.65 Å². The highest BCUT2D eigenvalue weighted by Gasteiger charge is 2.36. The first-order valence-corrected chi connectivity index (χ1v) is 12.4. The molecular weight excluding hydrogens is 536 g/mol. The summed E-state index contributed by atoms with van der Waals surface area (Å²) in [7, 11) is 0. The molecule has 6 rings (SSSR count). The third kappa shape index (κ3) is 4.54. The Labute approximate surface area is 224 Å². The first-order valence-electron chi connectivity index (χ1n) is 12.0. The van der Waals surface area contributed by atoms with E-state index >= 15 is 0 Å². The smallest absolute Gasteiger partial charge is 0.420 e. The number of hydrogen-bond acceptors (Lipinski definition) is 4. The molecule has 198 valence electrons. The van der Waals surface area contributed by atoms with Crippen molar-refractivity contribution in [3.63, 3.8) is 0 Å². The molecule has 1 unspecified atom stereocenters. The van der Waals surface area contributed by atoms with Gasteiger partial charge in [-0.2, -0.15) is 13.2 Å². The summed E-state index contributed by atoms with van der Waals surface area (Å²) in [6.07, 6.45) is 1.54. The van der Waals surface area contributed by atoms with Crippen LogP contribution in [0.2, 0.25) is 5.15 Å². The highest BCUT2D eigenvalue weighted by atomic mass is 35.5. The molecule has 1 amide bonds. The summed E-state index contributed by atoms with van der Waals surface area (Å²) in [6.45, 7) is 0.841. The number of fused-ring (bicyclic) bond motifs is 1. The standard InChI is InChI=1S/C28H19ClF4N4O2/c29-25-23(35-26-22(28(31,32)33)12-19(14-37(25)26)18-8-11-39-15-18)21-2-1-9-34-24(21)27(38)36-10-7-17(13-36)16-3-5-20(30)6-4-16/h1-6,8-9,11-12,14-15,17H,7,10,13H2. The summed E-state index contributed by atoms with van der Waals surface area (Å²) in [5.74, 6) is -0.702. The van der Waals surface area contributed by atoms with Gasteiger partial charge >= 0.3 is 6.18 Å². The molecule has 0 bridgehead atoms. The van der Waals surface area contributed by atoms with Gasteiger partial charge in [0.05, 0.1) is 18.1 Å². The van der Waals surface area contributed by atoms with Crippen LogP contribution >= 0.6 is 11.6 Å². The number of amides is 1. The van der Waals surface area contributed by atoms with Gasteiger partial charge in [0.25, 0.3) is 5.91 Å². The van der Waals surface area contributed by atoms with Crippen LogP contribution in [-0.2, 0) is 6.18 Å². The van der Waals surface area contributed by atoms with Crippen LogP contribution in [0.5, 0.6) is 0 Å². The molecule has 0 radical (unpaired) electrons. The number of carbonyl (C=O) groups is 1. The third-order valence-electron chi connectivity index (χ3n) is 6.90. The molecule has 1 saturated heterocycles. The number of rotatable bonds is 4. The van der Waals surface area contributed by atoms with Gasteiger partial charge in [-0.3, -0.25) is 14.2 Å². The van der Waals surface area contributed by atoms with E-state index in [1.165, 1.54) is 37.1 Å². The van der Waals surface area contributed by atoms with Crippen LogP contribution in [0.15, 0.2) is 77.9 Å². The van der Waals surface area contributed by atoms with Gasteiger partial charge in [-0.1, -0.05) is 23.7 Å². The van der Waals surface area contributed by atoms with Gasteiger partial charge in [0.2, 0.25) is 0 Å². The van der Waals surface area contributed by atoms with Crippen LogP contribution in [0.25, 0.3) is 28.0 Å². The molecule has 39 heavy (non-hydrogen) atoms. The summed E-state index contributed by atoms with van der Waals surface area (Å²) < 4.78 is 61.8. The van der Waals surface area contributed by atoms with Crippen LogP contribution in [0.3, 0.4) is 0 Å². The zero-order valence-corrected chi connectivity index (χ0v) is 20.9. The van der Waals surface area contributed by atoms with Crippen LogP contribution in [0.4, 0.5) is 17.6 Å². The number of halogens is 5. The minimum atomic E-state index is -4.72. The Balaban J connectivity index is 1.40. The van der Waals surface area contributed by atoms with Crippen molar-refractivity contribution in [3.05, 3.63) is 101 Å². The molecule has 4 aromatic heterocycles. The van der Waals surface area contributed by atoms with Gasteiger partial charge in [-0.25, -0.2) is 9.37 Å². The zero-order chi connectivity index (χ0) is 27.3. The average molecular weight is 555 g/mol. The summed E-state index contributed by atoms with van der Waals surface area (Å²) in [5.41, 5.74) is 0.492. The number of likely N-dealkylation sites (tertiary alicyclic amines) is 1. The lowest BCUT2D eigenvalue weighted by Gasteiger charge is -2.17. The summed E-state index contributed by atoms with van der Waals surface area (Å²) >= 11 is 6.63. The van der Waals surface area contributed by atoms with Gasteiger partial charge in [-0.15, -0.1) is 0 Å². The second-order valence-electron chi connectivity index (χ2n) is 9.28. The van der Waals surface area contributed by atoms with Crippen molar-refractivity contribution >= 4 is 23.2 Å². The Hall–Kier alpha value is -4.18. The lowest BCUT2D eigenvalue weighted by Crippen LogP contribution is -2.29. The molecule has 1 fully saturated rings. The van der Waals surface area contributed by atoms with Crippen molar-refractivity contribution < 1.29 is 26.8 Å². The monoisotopic (exact) mass is 554 g/mol. The number of furan rings is 1. The van der Waals surface area contributed by atoms with Gasteiger partial charge in [0.1, 0.15) is 22.4 Å². The summed E-state index contributed by atoms with van der Waals surface area (Å²) in [6, 6.07) is 11.8. The number of hydrogen-bond donors (Lipinski definition) is 0. The van der Waals surface area contributed by atoms with E-state index in [9.17, 15) is 22.4 Å². The predicted molar refractivity (Wildman–Crippen MR) is 136 cm³/mol. The maximum absolute atomic E-state index is 14.1. The fourth-order valence-corrected chi connectivity index (χ4v) is 5.22.